The molecule has 1 rings (SSSR count). The normalized spacial score (nSPS) is 21.3. The highest BCUT2D eigenvalue weighted by molar-refractivity contribution is 5.72. The first-order valence-corrected chi connectivity index (χ1v) is 5.56. The summed E-state index contributed by atoms with van der Waals surface area (Å²) < 4.78 is 4.95. The first-order chi connectivity index (χ1) is 7.17. The van der Waals surface area contributed by atoms with Gasteiger partial charge < -0.3 is 14.9 Å². The van der Waals surface area contributed by atoms with Crippen LogP contribution in [0.25, 0.3) is 0 Å². The van der Waals surface area contributed by atoms with Crippen molar-refractivity contribution in [2.45, 2.75) is 32.6 Å². The molecule has 1 fully saturated rings. The zero-order valence-electron chi connectivity index (χ0n) is 9.24. The molecule has 88 valence electrons. The van der Waals surface area contributed by atoms with Crippen LogP contribution in [0, 0.1) is 11.3 Å². The maximum atomic E-state index is 11.4. The summed E-state index contributed by atoms with van der Waals surface area (Å²) in [7, 11) is 0. The van der Waals surface area contributed by atoms with E-state index in [0.29, 0.717) is 32.3 Å². The predicted octanol–water partition coefficient (Wildman–Crippen LogP) is 0.711. The number of ether oxygens (including phenoxy) is 1. The van der Waals surface area contributed by atoms with Crippen LogP contribution >= 0.6 is 0 Å². The van der Waals surface area contributed by atoms with Crippen molar-refractivity contribution in [3.05, 3.63) is 0 Å². The van der Waals surface area contributed by atoms with Gasteiger partial charge in [-0.2, -0.15) is 0 Å². The average molecular weight is 216 g/mol. The summed E-state index contributed by atoms with van der Waals surface area (Å²) >= 11 is 0. The topological polar surface area (TPSA) is 66.8 Å². The summed E-state index contributed by atoms with van der Waals surface area (Å²) in [6.07, 6.45) is 2.81. The van der Waals surface area contributed by atoms with Gasteiger partial charge in [0, 0.05) is 5.41 Å². The zero-order valence-corrected chi connectivity index (χ0v) is 9.24. The summed E-state index contributed by atoms with van der Waals surface area (Å²) in [6, 6.07) is 0. The van der Waals surface area contributed by atoms with Crippen LogP contribution in [-0.4, -0.2) is 36.0 Å². The second-order valence-corrected chi connectivity index (χ2v) is 4.34. The molecule has 0 radical (unpaired) electrons. The molecule has 0 aromatic carbocycles. The number of rotatable bonds is 4. The second-order valence-electron chi connectivity index (χ2n) is 4.34. The van der Waals surface area contributed by atoms with Gasteiger partial charge in [0.25, 0.3) is 0 Å². The zero-order chi connectivity index (χ0) is 11.3. The molecule has 0 unspecified atom stereocenters. The lowest BCUT2D eigenvalue weighted by Crippen LogP contribution is -2.36. The first kappa shape index (κ1) is 12.5. The van der Waals surface area contributed by atoms with E-state index in [-0.39, 0.29) is 30.5 Å². The molecule has 1 aliphatic rings. The number of carbonyl (C=O) groups is 1. The molecule has 0 spiro atoms. The van der Waals surface area contributed by atoms with E-state index in [1.165, 1.54) is 0 Å². The van der Waals surface area contributed by atoms with Crippen molar-refractivity contribution >= 4 is 5.97 Å². The van der Waals surface area contributed by atoms with E-state index < -0.39 is 0 Å². The first-order valence-electron chi connectivity index (χ1n) is 5.56. The maximum Gasteiger partial charge on any atom is 0.308 e. The molecule has 1 saturated carbocycles. The molecule has 0 aromatic rings. The molecule has 0 saturated heterocycles. The molecule has 15 heavy (non-hydrogen) atoms. The van der Waals surface area contributed by atoms with Crippen LogP contribution < -0.4 is 0 Å². The van der Waals surface area contributed by atoms with Crippen molar-refractivity contribution in [2.75, 3.05) is 19.8 Å². The van der Waals surface area contributed by atoms with E-state index in [1.807, 2.05) is 0 Å². The standard InChI is InChI=1S/C11H20O4/c1-2-15-10(14)9-3-5-11(7-12,8-13)6-4-9/h9,12-13H,2-8H2,1H3. The van der Waals surface area contributed by atoms with E-state index in [9.17, 15) is 15.0 Å². The molecule has 0 aliphatic heterocycles. The summed E-state index contributed by atoms with van der Waals surface area (Å²) in [6.45, 7) is 2.21. The van der Waals surface area contributed by atoms with Crippen LogP contribution in [0.3, 0.4) is 0 Å². The molecule has 4 nitrogen and oxygen atoms in total. The fraction of sp³-hybridized carbons (Fsp3) is 0.909. The van der Waals surface area contributed by atoms with Gasteiger partial charge in [0.15, 0.2) is 0 Å². The highest BCUT2D eigenvalue weighted by atomic mass is 16.5. The van der Waals surface area contributed by atoms with E-state index in [2.05, 4.69) is 0 Å². The van der Waals surface area contributed by atoms with E-state index in [1.54, 1.807) is 6.92 Å². The monoisotopic (exact) mass is 216 g/mol. The molecule has 1 aliphatic carbocycles. The third-order valence-corrected chi connectivity index (χ3v) is 3.34. The maximum absolute atomic E-state index is 11.4. The minimum atomic E-state index is -0.372. The Morgan fingerprint density at radius 2 is 1.87 bits per heavy atom. The van der Waals surface area contributed by atoms with Gasteiger partial charge in [-0.05, 0) is 32.6 Å². The highest BCUT2D eigenvalue weighted by Gasteiger charge is 2.37. The van der Waals surface area contributed by atoms with Gasteiger partial charge in [-0.25, -0.2) is 0 Å². The minimum absolute atomic E-state index is 0.000947. The Bertz CT molecular complexity index is 201. The highest BCUT2D eigenvalue weighted by Crippen LogP contribution is 2.38. The van der Waals surface area contributed by atoms with Crippen LogP contribution in [0.4, 0.5) is 0 Å². The number of aliphatic hydroxyl groups excluding tert-OH is 2. The number of carbonyl (C=O) groups excluding carboxylic acids is 1. The number of hydrogen-bond acceptors (Lipinski definition) is 4. The van der Waals surface area contributed by atoms with Gasteiger partial charge in [-0.1, -0.05) is 0 Å². The van der Waals surface area contributed by atoms with E-state index in [4.69, 9.17) is 4.74 Å². The van der Waals surface area contributed by atoms with Crippen molar-refractivity contribution in [1.29, 1.82) is 0 Å². The van der Waals surface area contributed by atoms with Crippen LogP contribution in [-0.2, 0) is 9.53 Å². The fourth-order valence-electron chi connectivity index (χ4n) is 2.09. The minimum Gasteiger partial charge on any atom is -0.466 e. The van der Waals surface area contributed by atoms with Crippen molar-refractivity contribution in [3.8, 4) is 0 Å². The summed E-state index contributed by atoms with van der Waals surface area (Å²) in [4.78, 5) is 11.4. The molecule has 4 heteroatoms. The third kappa shape index (κ3) is 2.92. The molecule has 0 bridgehead atoms. The largest absolute Gasteiger partial charge is 0.466 e. The summed E-state index contributed by atoms with van der Waals surface area (Å²) in [5, 5.41) is 18.4. The predicted molar refractivity (Wildman–Crippen MR) is 55.2 cm³/mol. The van der Waals surface area contributed by atoms with E-state index >= 15 is 0 Å². The summed E-state index contributed by atoms with van der Waals surface area (Å²) in [5.41, 5.74) is -0.372. The Morgan fingerprint density at radius 1 is 1.33 bits per heavy atom. The van der Waals surface area contributed by atoms with Gasteiger partial charge in [0.1, 0.15) is 0 Å². The van der Waals surface area contributed by atoms with Gasteiger partial charge in [-0.3, -0.25) is 4.79 Å². The number of aliphatic hydroxyl groups is 2. The molecular formula is C11H20O4. The smallest absolute Gasteiger partial charge is 0.308 e. The lowest BCUT2D eigenvalue weighted by Gasteiger charge is -2.36. The van der Waals surface area contributed by atoms with Gasteiger partial charge >= 0.3 is 5.97 Å². The average Bonchev–Trinajstić information content (AvgIpc) is 2.29. The Hall–Kier alpha value is -0.610. The SMILES string of the molecule is CCOC(=O)C1CCC(CO)(CO)CC1. The van der Waals surface area contributed by atoms with Crippen molar-refractivity contribution < 1.29 is 19.7 Å². The van der Waals surface area contributed by atoms with Crippen molar-refractivity contribution in [2.24, 2.45) is 11.3 Å². The molecule has 0 heterocycles. The number of esters is 1. The van der Waals surface area contributed by atoms with Crippen LogP contribution in [0.5, 0.6) is 0 Å². The lowest BCUT2D eigenvalue weighted by molar-refractivity contribution is -0.150. The van der Waals surface area contributed by atoms with Gasteiger partial charge in [0.05, 0.1) is 25.7 Å². The number of hydrogen-bond donors (Lipinski definition) is 2. The van der Waals surface area contributed by atoms with Gasteiger partial charge in [0.2, 0.25) is 0 Å². The van der Waals surface area contributed by atoms with Crippen molar-refractivity contribution in [3.63, 3.8) is 0 Å². The third-order valence-electron chi connectivity index (χ3n) is 3.34. The molecule has 0 aromatic heterocycles. The lowest BCUT2D eigenvalue weighted by atomic mass is 9.71. The molecule has 2 N–H and O–H groups in total. The Morgan fingerprint density at radius 3 is 2.27 bits per heavy atom. The van der Waals surface area contributed by atoms with E-state index in [0.717, 1.165) is 0 Å². The fourth-order valence-corrected chi connectivity index (χ4v) is 2.09. The summed E-state index contributed by atoms with van der Waals surface area (Å²) in [5.74, 6) is -0.182. The van der Waals surface area contributed by atoms with Crippen molar-refractivity contribution in [1.82, 2.24) is 0 Å². The second kappa shape index (κ2) is 5.47. The van der Waals surface area contributed by atoms with Crippen LogP contribution in [0.15, 0.2) is 0 Å². The molecular weight excluding hydrogens is 196 g/mol. The van der Waals surface area contributed by atoms with Gasteiger partial charge in [-0.15, -0.1) is 0 Å². The Balaban J connectivity index is 2.44. The van der Waals surface area contributed by atoms with Crippen LogP contribution in [0.2, 0.25) is 0 Å². The van der Waals surface area contributed by atoms with Crippen LogP contribution in [0.1, 0.15) is 32.6 Å². The quantitative estimate of drug-likeness (QED) is 0.679. The molecule has 0 amide bonds. The Kier molecular flexibility index (Phi) is 4.54. The Labute approximate surface area is 90.2 Å². The molecule has 0 atom stereocenters.